The van der Waals surface area contributed by atoms with Crippen molar-refractivity contribution >= 4 is 59.4 Å². The molecule has 23 heavy (non-hydrogen) atoms. The second-order valence-electron chi connectivity index (χ2n) is 5.00. The van der Waals surface area contributed by atoms with Gasteiger partial charge in [-0.15, -0.1) is 36.2 Å². The van der Waals surface area contributed by atoms with Gasteiger partial charge in [-0.3, -0.25) is 4.90 Å². The molecule has 0 aliphatic carbocycles. The summed E-state index contributed by atoms with van der Waals surface area (Å²) in [6.07, 6.45) is 0. The van der Waals surface area contributed by atoms with Crippen molar-refractivity contribution in [1.82, 2.24) is 10.2 Å². The first kappa shape index (κ1) is 20.8. The summed E-state index contributed by atoms with van der Waals surface area (Å²) in [7, 11) is 0. The van der Waals surface area contributed by atoms with Crippen molar-refractivity contribution in [3.8, 4) is 5.75 Å². The lowest BCUT2D eigenvalue weighted by atomic mass is 10.0. The van der Waals surface area contributed by atoms with Gasteiger partial charge in [0, 0.05) is 36.6 Å². The van der Waals surface area contributed by atoms with Crippen molar-refractivity contribution in [3.05, 3.63) is 50.1 Å². The minimum atomic E-state index is 0. The average Bonchev–Trinajstić information content (AvgIpc) is 3.03. The first-order valence-electron chi connectivity index (χ1n) is 6.83. The SMILES string of the molecule is Cl.Cl.Oc1c([C@H](c2cccs2)N2CCNCC2)ccc(Cl)c1Cl. The summed E-state index contributed by atoms with van der Waals surface area (Å²) in [5.74, 6) is 0.0844. The molecule has 0 saturated carbocycles. The van der Waals surface area contributed by atoms with Gasteiger partial charge in [0.05, 0.1) is 11.1 Å². The molecule has 1 aromatic carbocycles. The summed E-state index contributed by atoms with van der Waals surface area (Å²) < 4.78 is 0. The molecule has 1 fully saturated rings. The number of thiophene rings is 1. The summed E-state index contributed by atoms with van der Waals surface area (Å²) in [6.45, 7) is 3.76. The highest BCUT2D eigenvalue weighted by Crippen LogP contribution is 2.42. The third-order valence-corrected chi connectivity index (χ3v) is 5.44. The molecule has 1 aliphatic heterocycles. The Morgan fingerprint density at radius 2 is 1.83 bits per heavy atom. The van der Waals surface area contributed by atoms with E-state index >= 15 is 0 Å². The van der Waals surface area contributed by atoms with E-state index in [-0.39, 0.29) is 41.6 Å². The smallest absolute Gasteiger partial charge is 0.140 e. The number of benzene rings is 1. The zero-order valence-electron chi connectivity index (χ0n) is 12.2. The lowest BCUT2D eigenvalue weighted by molar-refractivity contribution is 0.198. The minimum absolute atomic E-state index is 0. The highest BCUT2D eigenvalue weighted by molar-refractivity contribution is 7.10. The van der Waals surface area contributed by atoms with Gasteiger partial charge in [-0.05, 0) is 17.5 Å². The molecule has 1 saturated heterocycles. The van der Waals surface area contributed by atoms with Crippen molar-refractivity contribution in [2.45, 2.75) is 6.04 Å². The van der Waals surface area contributed by atoms with E-state index in [1.54, 1.807) is 17.4 Å². The normalized spacial score (nSPS) is 16.3. The molecule has 2 aromatic rings. The van der Waals surface area contributed by atoms with Crippen molar-refractivity contribution in [1.29, 1.82) is 0 Å². The third kappa shape index (κ3) is 4.45. The van der Waals surface area contributed by atoms with Gasteiger partial charge in [0.1, 0.15) is 10.8 Å². The molecule has 2 heterocycles. The Balaban J connectivity index is 0.00000132. The molecular weight excluding hydrogens is 398 g/mol. The second kappa shape index (κ2) is 9.33. The lowest BCUT2D eigenvalue weighted by Crippen LogP contribution is -2.45. The lowest BCUT2D eigenvalue weighted by Gasteiger charge is -2.35. The van der Waals surface area contributed by atoms with Crippen LogP contribution in [0.3, 0.4) is 0 Å². The van der Waals surface area contributed by atoms with Crippen LogP contribution in [0.1, 0.15) is 16.5 Å². The van der Waals surface area contributed by atoms with Gasteiger partial charge in [0.15, 0.2) is 0 Å². The standard InChI is InChI=1S/C15H16Cl2N2OS.2ClH/c16-11-4-3-10(15(20)13(11)17)14(12-2-1-9-21-12)19-7-5-18-6-8-19;;/h1-4,9,14,18,20H,5-8H2;2*1H/t14-;;/m1../s1. The maximum atomic E-state index is 10.4. The van der Waals surface area contributed by atoms with Crippen LogP contribution in [0.2, 0.25) is 10.0 Å². The monoisotopic (exact) mass is 414 g/mol. The molecule has 8 heteroatoms. The fourth-order valence-electron chi connectivity index (χ4n) is 2.69. The second-order valence-corrected chi connectivity index (χ2v) is 6.77. The Morgan fingerprint density at radius 3 is 2.43 bits per heavy atom. The molecule has 128 valence electrons. The van der Waals surface area contributed by atoms with Crippen LogP contribution >= 0.6 is 59.4 Å². The summed E-state index contributed by atoms with van der Waals surface area (Å²) in [5.41, 5.74) is 0.814. The quantitative estimate of drug-likeness (QED) is 0.768. The zero-order chi connectivity index (χ0) is 14.8. The molecule has 0 radical (unpaired) electrons. The largest absolute Gasteiger partial charge is 0.506 e. The Morgan fingerprint density at radius 1 is 1.13 bits per heavy atom. The number of halogens is 4. The number of nitrogens with zero attached hydrogens (tertiary/aromatic N) is 1. The molecule has 0 bridgehead atoms. The van der Waals surface area contributed by atoms with Gasteiger partial charge in [-0.1, -0.05) is 35.3 Å². The molecule has 1 aliphatic rings. The number of nitrogens with one attached hydrogen (secondary N) is 1. The minimum Gasteiger partial charge on any atom is -0.506 e. The fourth-order valence-corrected chi connectivity index (χ4v) is 3.89. The van der Waals surface area contributed by atoms with E-state index in [0.29, 0.717) is 5.02 Å². The van der Waals surface area contributed by atoms with Crippen LogP contribution in [0.4, 0.5) is 0 Å². The Hall–Kier alpha value is -0.200. The van der Waals surface area contributed by atoms with Crippen LogP contribution in [0.5, 0.6) is 5.75 Å². The number of aromatic hydroxyl groups is 1. The van der Waals surface area contributed by atoms with E-state index in [9.17, 15) is 5.11 Å². The van der Waals surface area contributed by atoms with Gasteiger partial charge in [0.2, 0.25) is 0 Å². The van der Waals surface area contributed by atoms with E-state index in [4.69, 9.17) is 23.2 Å². The topological polar surface area (TPSA) is 35.5 Å². The van der Waals surface area contributed by atoms with Crippen LogP contribution in [-0.2, 0) is 0 Å². The number of hydrogen-bond donors (Lipinski definition) is 2. The summed E-state index contributed by atoms with van der Waals surface area (Å²) in [4.78, 5) is 3.56. The molecule has 3 rings (SSSR count). The highest BCUT2D eigenvalue weighted by Gasteiger charge is 2.28. The summed E-state index contributed by atoms with van der Waals surface area (Å²) in [5, 5.41) is 16.4. The van der Waals surface area contributed by atoms with Crippen molar-refractivity contribution in [2.75, 3.05) is 26.2 Å². The third-order valence-electron chi connectivity index (χ3n) is 3.72. The number of piperazine rings is 1. The van der Waals surface area contributed by atoms with E-state index in [1.165, 1.54) is 4.88 Å². The van der Waals surface area contributed by atoms with Crippen molar-refractivity contribution in [3.63, 3.8) is 0 Å². The Kier molecular flexibility index (Phi) is 8.45. The molecule has 2 N–H and O–H groups in total. The fraction of sp³-hybridized carbons (Fsp3) is 0.333. The molecule has 0 amide bonds. The summed E-state index contributed by atoms with van der Waals surface area (Å²) in [6, 6.07) is 7.77. The van der Waals surface area contributed by atoms with E-state index in [1.807, 2.05) is 12.1 Å². The van der Waals surface area contributed by atoms with Gasteiger partial charge in [-0.25, -0.2) is 0 Å². The maximum absolute atomic E-state index is 10.4. The maximum Gasteiger partial charge on any atom is 0.140 e. The van der Waals surface area contributed by atoms with Crippen LogP contribution in [0.25, 0.3) is 0 Å². The molecule has 1 atom stereocenters. The summed E-state index contributed by atoms with van der Waals surface area (Å²) >= 11 is 13.8. The molecule has 1 aromatic heterocycles. The van der Waals surface area contributed by atoms with E-state index < -0.39 is 0 Å². The molecular formula is C15H18Cl4N2OS. The number of phenolic OH excluding ortho intramolecular Hbond substituents is 1. The number of hydrogen-bond acceptors (Lipinski definition) is 4. The van der Waals surface area contributed by atoms with Gasteiger partial charge in [-0.2, -0.15) is 0 Å². The predicted octanol–water partition coefficient (Wildman–Crippen LogP) is 4.60. The predicted molar refractivity (Wildman–Crippen MR) is 103 cm³/mol. The van der Waals surface area contributed by atoms with Crippen LogP contribution in [-0.4, -0.2) is 36.2 Å². The zero-order valence-corrected chi connectivity index (χ0v) is 16.1. The van der Waals surface area contributed by atoms with Crippen LogP contribution in [0.15, 0.2) is 29.6 Å². The highest BCUT2D eigenvalue weighted by atomic mass is 35.5. The Bertz CT molecular complexity index is 618. The number of rotatable bonds is 3. The van der Waals surface area contributed by atoms with E-state index in [0.717, 1.165) is 31.7 Å². The number of phenols is 1. The van der Waals surface area contributed by atoms with Crippen LogP contribution < -0.4 is 5.32 Å². The first-order chi connectivity index (χ1) is 10.2. The molecule has 0 unspecified atom stereocenters. The van der Waals surface area contributed by atoms with E-state index in [2.05, 4.69) is 21.7 Å². The van der Waals surface area contributed by atoms with Crippen LogP contribution in [0, 0.1) is 0 Å². The first-order valence-corrected chi connectivity index (χ1v) is 8.47. The molecule has 0 spiro atoms. The van der Waals surface area contributed by atoms with Gasteiger partial charge in [0.25, 0.3) is 0 Å². The molecule has 3 nitrogen and oxygen atoms in total. The Labute approximate surface area is 162 Å². The van der Waals surface area contributed by atoms with Gasteiger partial charge < -0.3 is 10.4 Å². The van der Waals surface area contributed by atoms with Crippen molar-refractivity contribution in [2.24, 2.45) is 0 Å². The van der Waals surface area contributed by atoms with Crippen molar-refractivity contribution < 1.29 is 5.11 Å². The average molecular weight is 416 g/mol. The van der Waals surface area contributed by atoms with Gasteiger partial charge >= 0.3 is 0 Å².